The van der Waals surface area contributed by atoms with Gasteiger partial charge in [-0.1, -0.05) is 23.7 Å². The maximum absolute atomic E-state index is 13.6. The predicted octanol–water partition coefficient (Wildman–Crippen LogP) is 4.45. The molecule has 1 atom stereocenters. The van der Waals surface area contributed by atoms with Gasteiger partial charge < -0.3 is 14.8 Å². The van der Waals surface area contributed by atoms with Gasteiger partial charge in [-0.25, -0.2) is 9.18 Å². The number of nitrogens with one attached hydrogen (secondary N) is 1. The van der Waals surface area contributed by atoms with Gasteiger partial charge in [-0.05, 0) is 68.7 Å². The van der Waals surface area contributed by atoms with E-state index in [4.69, 9.17) is 26.1 Å². The number of carbonyl (C=O) groups excluding carboxylic acids is 2. The predicted molar refractivity (Wildman–Crippen MR) is 124 cm³/mol. The van der Waals surface area contributed by atoms with Crippen molar-refractivity contribution in [1.82, 2.24) is 10.3 Å². The van der Waals surface area contributed by atoms with E-state index in [0.29, 0.717) is 6.61 Å². The summed E-state index contributed by atoms with van der Waals surface area (Å²) in [5.74, 6) is -1.95. The lowest BCUT2D eigenvalue weighted by Crippen LogP contribution is -2.42. The van der Waals surface area contributed by atoms with Gasteiger partial charge in [-0.3, -0.25) is 9.78 Å². The van der Waals surface area contributed by atoms with Crippen LogP contribution in [0.25, 0.3) is 0 Å². The van der Waals surface area contributed by atoms with E-state index < -0.39 is 23.7 Å². The first kappa shape index (κ1) is 25.1. The number of aromatic nitrogens is 1. The van der Waals surface area contributed by atoms with Crippen molar-refractivity contribution in [2.24, 2.45) is 0 Å². The molecule has 1 aliphatic rings. The lowest BCUT2D eigenvalue weighted by molar-refractivity contribution is -0.143. The molecule has 8 heteroatoms. The number of aryl methyl sites for hydroxylation is 3. The summed E-state index contributed by atoms with van der Waals surface area (Å²) in [5.41, 5.74) is 3.73. The largest absolute Gasteiger partial charge is 0.467 e. The third-order valence-corrected chi connectivity index (χ3v) is 6.13. The summed E-state index contributed by atoms with van der Waals surface area (Å²) in [4.78, 5) is 29.3. The fraction of sp³-hybridized carbons (Fsp3) is 0.480. The van der Waals surface area contributed by atoms with Crippen molar-refractivity contribution < 1.29 is 23.5 Å². The number of halogens is 2. The molecule has 1 heterocycles. The van der Waals surface area contributed by atoms with Gasteiger partial charge in [0.05, 0.1) is 17.7 Å². The number of ether oxygens (including phenoxy) is 2. The number of rotatable bonds is 11. The molecule has 33 heavy (non-hydrogen) atoms. The Morgan fingerprint density at radius 3 is 2.79 bits per heavy atom. The molecule has 0 bridgehead atoms. The Balaban J connectivity index is 1.38. The van der Waals surface area contributed by atoms with Crippen LogP contribution in [0.1, 0.15) is 59.4 Å². The number of carbonyl (C=O) groups is 2. The van der Waals surface area contributed by atoms with Gasteiger partial charge >= 0.3 is 5.97 Å². The highest BCUT2D eigenvalue weighted by Crippen LogP contribution is 2.21. The Bertz CT molecular complexity index is 969. The maximum Gasteiger partial charge on any atom is 0.328 e. The van der Waals surface area contributed by atoms with Crippen LogP contribution in [0.15, 0.2) is 30.3 Å². The van der Waals surface area contributed by atoms with Crippen molar-refractivity contribution >= 4 is 23.5 Å². The van der Waals surface area contributed by atoms with E-state index in [-0.39, 0.29) is 23.6 Å². The van der Waals surface area contributed by atoms with E-state index in [0.717, 1.165) is 43.9 Å². The molecule has 1 aromatic carbocycles. The number of fused-ring (bicyclic) bond motifs is 1. The van der Waals surface area contributed by atoms with Gasteiger partial charge in [0.25, 0.3) is 5.91 Å². The van der Waals surface area contributed by atoms with Crippen molar-refractivity contribution in [3.05, 3.63) is 63.7 Å². The number of methoxy groups -OCH3 is 1. The minimum Gasteiger partial charge on any atom is -0.467 e. The summed E-state index contributed by atoms with van der Waals surface area (Å²) in [6.45, 7) is 0.816. The van der Waals surface area contributed by atoms with Gasteiger partial charge in [0.15, 0.2) is 0 Å². The van der Waals surface area contributed by atoms with E-state index in [2.05, 4.69) is 17.4 Å². The van der Waals surface area contributed by atoms with Crippen LogP contribution in [0.5, 0.6) is 0 Å². The molecule has 1 amide bonds. The molecule has 0 aliphatic heterocycles. The second-order valence-corrected chi connectivity index (χ2v) is 8.50. The Kier molecular flexibility index (Phi) is 9.63. The highest BCUT2D eigenvalue weighted by atomic mass is 35.5. The standard InChI is InChI=1S/C25H30ClFN2O4/c1-32-25(31)22(29-24(30)19-9-6-10-20(27)23(19)26)14-16-33-15-5-4-8-18-13-12-17-7-2-3-11-21(17)28-18/h6,9-10,12-13,22H,2-5,7-8,11,14-16H2,1H3,(H,29,30). The van der Waals surface area contributed by atoms with Crippen LogP contribution in [0, 0.1) is 5.82 Å². The zero-order valence-electron chi connectivity index (χ0n) is 18.9. The molecule has 0 saturated heterocycles. The van der Waals surface area contributed by atoms with Crippen LogP contribution in [0.2, 0.25) is 5.02 Å². The molecule has 1 unspecified atom stereocenters. The number of nitrogens with zero attached hydrogens (tertiary/aromatic N) is 1. The molecule has 1 aliphatic carbocycles. The molecular weight excluding hydrogens is 447 g/mol. The molecule has 2 aromatic rings. The van der Waals surface area contributed by atoms with Crippen LogP contribution in [0.4, 0.5) is 4.39 Å². The Morgan fingerprint density at radius 1 is 1.15 bits per heavy atom. The summed E-state index contributed by atoms with van der Waals surface area (Å²) < 4.78 is 24.0. The minimum atomic E-state index is -0.915. The smallest absolute Gasteiger partial charge is 0.328 e. The molecular formula is C25H30ClFN2O4. The van der Waals surface area contributed by atoms with Gasteiger partial charge in [0.1, 0.15) is 11.9 Å². The zero-order chi connectivity index (χ0) is 23.6. The minimum absolute atomic E-state index is 0.0396. The molecule has 6 nitrogen and oxygen atoms in total. The monoisotopic (exact) mass is 476 g/mol. The second kappa shape index (κ2) is 12.7. The fourth-order valence-corrected chi connectivity index (χ4v) is 4.10. The maximum atomic E-state index is 13.6. The number of amides is 1. The van der Waals surface area contributed by atoms with Crippen molar-refractivity contribution in [2.45, 2.75) is 57.4 Å². The van der Waals surface area contributed by atoms with Crippen LogP contribution in [0.3, 0.4) is 0 Å². The Morgan fingerprint density at radius 2 is 1.97 bits per heavy atom. The number of pyridine rings is 1. The van der Waals surface area contributed by atoms with Crippen LogP contribution in [-0.4, -0.2) is 43.2 Å². The molecule has 0 saturated carbocycles. The molecule has 0 fully saturated rings. The third-order valence-electron chi connectivity index (χ3n) is 5.75. The third kappa shape index (κ3) is 7.24. The number of hydrogen-bond donors (Lipinski definition) is 1. The average molecular weight is 477 g/mol. The van der Waals surface area contributed by atoms with Crippen LogP contribution >= 0.6 is 11.6 Å². The van der Waals surface area contributed by atoms with Gasteiger partial charge in [0.2, 0.25) is 0 Å². The number of unbranched alkanes of at least 4 members (excludes halogenated alkanes) is 1. The zero-order valence-corrected chi connectivity index (χ0v) is 19.6. The van der Waals surface area contributed by atoms with Crippen LogP contribution < -0.4 is 5.32 Å². The molecule has 1 aromatic heterocycles. The number of benzene rings is 1. The van der Waals surface area contributed by atoms with E-state index in [1.165, 1.54) is 43.3 Å². The fourth-order valence-electron chi connectivity index (χ4n) is 3.89. The van der Waals surface area contributed by atoms with Crippen molar-refractivity contribution in [3.63, 3.8) is 0 Å². The summed E-state index contributed by atoms with van der Waals surface area (Å²) in [5, 5.41) is 2.26. The topological polar surface area (TPSA) is 77.5 Å². The number of hydrogen-bond acceptors (Lipinski definition) is 5. The lowest BCUT2D eigenvalue weighted by Gasteiger charge is -2.17. The lowest BCUT2D eigenvalue weighted by atomic mass is 9.95. The number of esters is 1. The molecule has 3 rings (SSSR count). The highest BCUT2D eigenvalue weighted by molar-refractivity contribution is 6.34. The summed E-state index contributed by atoms with van der Waals surface area (Å²) in [7, 11) is 1.24. The van der Waals surface area contributed by atoms with E-state index in [1.54, 1.807) is 0 Å². The van der Waals surface area contributed by atoms with Gasteiger partial charge in [-0.2, -0.15) is 0 Å². The molecule has 1 N–H and O–H groups in total. The Hall–Kier alpha value is -2.51. The van der Waals surface area contributed by atoms with Crippen molar-refractivity contribution in [1.29, 1.82) is 0 Å². The van der Waals surface area contributed by atoms with Crippen molar-refractivity contribution in [2.75, 3.05) is 20.3 Å². The van der Waals surface area contributed by atoms with Gasteiger partial charge in [0, 0.05) is 31.0 Å². The summed E-state index contributed by atoms with van der Waals surface area (Å²) in [6, 6.07) is 7.36. The normalized spacial score (nSPS) is 13.8. The van der Waals surface area contributed by atoms with Crippen LogP contribution in [-0.2, 0) is 33.5 Å². The highest BCUT2D eigenvalue weighted by Gasteiger charge is 2.23. The first-order valence-electron chi connectivity index (χ1n) is 11.4. The Labute approximate surface area is 198 Å². The van der Waals surface area contributed by atoms with E-state index in [1.807, 2.05) is 0 Å². The quantitative estimate of drug-likeness (QED) is 0.383. The first-order valence-corrected chi connectivity index (χ1v) is 11.8. The summed E-state index contributed by atoms with van der Waals surface area (Å²) in [6.07, 6.45) is 7.66. The molecule has 0 spiro atoms. The summed E-state index contributed by atoms with van der Waals surface area (Å²) >= 11 is 5.86. The molecule has 0 radical (unpaired) electrons. The second-order valence-electron chi connectivity index (χ2n) is 8.12. The van der Waals surface area contributed by atoms with E-state index >= 15 is 0 Å². The first-order chi connectivity index (χ1) is 16.0. The van der Waals surface area contributed by atoms with E-state index in [9.17, 15) is 14.0 Å². The average Bonchev–Trinajstić information content (AvgIpc) is 2.83. The van der Waals surface area contributed by atoms with Gasteiger partial charge in [-0.15, -0.1) is 0 Å². The SMILES string of the molecule is COC(=O)C(CCOCCCCc1ccc2c(n1)CCCC2)NC(=O)c1cccc(F)c1Cl. The van der Waals surface area contributed by atoms with Crippen molar-refractivity contribution in [3.8, 4) is 0 Å². The molecule has 178 valence electrons.